The molecule has 1 aromatic heterocycles. The quantitative estimate of drug-likeness (QED) is 0.610. The molecule has 2 aliphatic rings. The van der Waals surface area contributed by atoms with Crippen molar-refractivity contribution in [1.29, 1.82) is 0 Å². The molecule has 2 aromatic rings. The third-order valence-electron chi connectivity index (χ3n) is 5.11. The van der Waals surface area contributed by atoms with E-state index < -0.39 is 11.9 Å². The number of hydrogen-bond acceptors (Lipinski definition) is 3. The van der Waals surface area contributed by atoms with Crippen molar-refractivity contribution in [3.05, 3.63) is 52.1 Å². The van der Waals surface area contributed by atoms with Crippen LogP contribution in [0.1, 0.15) is 39.3 Å². The summed E-state index contributed by atoms with van der Waals surface area (Å²) in [5.41, 5.74) is 3.64. The number of nitrogens with one attached hydrogen (secondary N) is 4. The van der Waals surface area contributed by atoms with Gasteiger partial charge in [0.05, 0.1) is 11.1 Å². The molecule has 28 heavy (non-hydrogen) atoms. The number of aryl methyl sites for hydroxylation is 1. The lowest BCUT2D eigenvalue weighted by Crippen LogP contribution is -2.40. The highest BCUT2D eigenvalue weighted by Crippen LogP contribution is 2.34. The van der Waals surface area contributed by atoms with E-state index in [1.54, 1.807) is 19.9 Å². The van der Waals surface area contributed by atoms with Gasteiger partial charge in [-0.3, -0.25) is 14.4 Å². The molecule has 1 atom stereocenters. The second-order valence-corrected chi connectivity index (χ2v) is 6.97. The van der Waals surface area contributed by atoms with E-state index in [1.807, 2.05) is 0 Å². The maximum absolute atomic E-state index is 13.6. The molecule has 144 valence electrons. The lowest BCUT2D eigenvalue weighted by Gasteiger charge is -2.10. The van der Waals surface area contributed by atoms with Crippen molar-refractivity contribution in [2.75, 3.05) is 11.9 Å². The third kappa shape index (κ3) is 2.96. The first-order valence-electron chi connectivity index (χ1n) is 8.96. The molecule has 0 spiro atoms. The molecule has 7 nitrogen and oxygen atoms in total. The van der Waals surface area contributed by atoms with Crippen LogP contribution in [0.4, 0.5) is 10.1 Å². The van der Waals surface area contributed by atoms with E-state index in [0.717, 1.165) is 0 Å². The Balaban J connectivity index is 1.68. The molecule has 0 aliphatic carbocycles. The topological polar surface area (TPSA) is 103 Å². The summed E-state index contributed by atoms with van der Waals surface area (Å²) in [7, 11) is 0. The minimum absolute atomic E-state index is 0.192. The largest absolute Gasteiger partial charge is 0.358 e. The molecule has 4 N–H and O–H groups in total. The fourth-order valence-electron chi connectivity index (χ4n) is 3.67. The number of benzene rings is 1. The Hall–Kier alpha value is -3.42. The van der Waals surface area contributed by atoms with Gasteiger partial charge in [-0.25, -0.2) is 4.39 Å². The molecule has 8 heteroatoms. The number of amides is 3. The van der Waals surface area contributed by atoms with Crippen molar-refractivity contribution in [3.8, 4) is 0 Å². The average molecular weight is 382 g/mol. The first-order chi connectivity index (χ1) is 13.3. The molecule has 2 aliphatic heterocycles. The standard InChI is InChI=1S/C20H19FN4O3/c1-9-16(8-13-12-7-11(21)3-4-14(12)24-18(13)26)23-10(2)17(9)20(28)25-15-5-6-22-19(15)27/h3-4,7-8,15,23H,5-6H2,1-2H3,(H,22,27)(H,24,26)(H,25,28)/b13-8-. The number of aromatic amines is 1. The number of anilines is 1. The van der Waals surface area contributed by atoms with Gasteiger partial charge in [-0.15, -0.1) is 0 Å². The van der Waals surface area contributed by atoms with E-state index in [-0.39, 0.29) is 17.7 Å². The van der Waals surface area contributed by atoms with Crippen LogP contribution in [0.5, 0.6) is 0 Å². The zero-order valence-electron chi connectivity index (χ0n) is 15.4. The fourth-order valence-corrected chi connectivity index (χ4v) is 3.67. The summed E-state index contributed by atoms with van der Waals surface area (Å²) in [4.78, 5) is 39.8. The SMILES string of the molecule is Cc1[nH]c(/C=C2\C(=O)Nc3ccc(F)cc32)c(C)c1C(=O)NC1CCNC1=O. The van der Waals surface area contributed by atoms with Crippen LogP contribution in [0.3, 0.4) is 0 Å². The first-order valence-corrected chi connectivity index (χ1v) is 8.96. The summed E-state index contributed by atoms with van der Waals surface area (Å²) in [5, 5.41) is 8.13. The van der Waals surface area contributed by atoms with Gasteiger partial charge < -0.3 is 20.9 Å². The number of rotatable bonds is 3. The van der Waals surface area contributed by atoms with Crippen molar-refractivity contribution in [1.82, 2.24) is 15.6 Å². The summed E-state index contributed by atoms with van der Waals surface area (Å²) in [6.07, 6.45) is 2.16. The van der Waals surface area contributed by atoms with Gasteiger partial charge in [-0.2, -0.15) is 0 Å². The highest BCUT2D eigenvalue weighted by molar-refractivity contribution is 6.34. The van der Waals surface area contributed by atoms with Gasteiger partial charge in [-0.1, -0.05) is 0 Å². The van der Waals surface area contributed by atoms with Crippen LogP contribution in [0.25, 0.3) is 11.6 Å². The summed E-state index contributed by atoms with van der Waals surface area (Å²) < 4.78 is 13.6. The van der Waals surface area contributed by atoms with Crippen LogP contribution in [0, 0.1) is 19.7 Å². The summed E-state index contributed by atoms with van der Waals surface area (Å²) in [6, 6.07) is 3.56. The number of hydrogen-bond donors (Lipinski definition) is 4. The van der Waals surface area contributed by atoms with Gasteiger partial charge >= 0.3 is 0 Å². The van der Waals surface area contributed by atoms with Crippen LogP contribution in [-0.4, -0.2) is 35.3 Å². The van der Waals surface area contributed by atoms with E-state index in [1.165, 1.54) is 18.2 Å². The third-order valence-corrected chi connectivity index (χ3v) is 5.11. The maximum Gasteiger partial charge on any atom is 0.256 e. The molecule has 1 aromatic carbocycles. The molecule has 1 unspecified atom stereocenters. The van der Waals surface area contributed by atoms with Crippen molar-refractivity contribution < 1.29 is 18.8 Å². The van der Waals surface area contributed by atoms with E-state index >= 15 is 0 Å². The zero-order valence-corrected chi connectivity index (χ0v) is 15.4. The van der Waals surface area contributed by atoms with Crippen molar-refractivity contribution in [2.24, 2.45) is 0 Å². The Morgan fingerprint density at radius 3 is 2.79 bits per heavy atom. The maximum atomic E-state index is 13.6. The van der Waals surface area contributed by atoms with Crippen LogP contribution < -0.4 is 16.0 Å². The number of fused-ring (bicyclic) bond motifs is 1. The van der Waals surface area contributed by atoms with Crippen molar-refractivity contribution >= 4 is 35.1 Å². The Labute approximate surface area is 160 Å². The van der Waals surface area contributed by atoms with Gasteiger partial charge in [0.15, 0.2) is 0 Å². The normalized spacial score (nSPS) is 19.5. The molecule has 4 rings (SSSR count). The molecule has 1 fully saturated rings. The minimum Gasteiger partial charge on any atom is -0.358 e. The number of carbonyl (C=O) groups is 3. The van der Waals surface area contributed by atoms with E-state index in [2.05, 4.69) is 20.9 Å². The average Bonchev–Trinajstić information content (AvgIpc) is 3.26. The number of aromatic nitrogens is 1. The Kier molecular flexibility index (Phi) is 4.26. The number of H-pyrrole nitrogens is 1. The van der Waals surface area contributed by atoms with E-state index in [9.17, 15) is 18.8 Å². The number of halogens is 1. The predicted octanol–water partition coefficient (Wildman–Crippen LogP) is 1.88. The van der Waals surface area contributed by atoms with Gasteiger partial charge in [0, 0.05) is 29.2 Å². The highest BCUT2D eigenvalue weighted by atomic mass is 19.1. The summed E-state index contributed by atoms with van der Waals surface area (Å²) in [6.45, 7) is 4.05. The van der Waals surface area contributed by atoms with Gasteiger partial charge in [0.1, 0.15) is 11.9 Å². The van der Waals surface area contributed by atoms with Crippen LogP contribution in [0.15, 0.2) is 18.2 Å². The molecule has 1 saturated heterocycles. The van der Waals surface area contributed by atoms with Crippen LogP contribution >= 0.6 is 0 Å². The van der Waals surface area contributed by atoms with Crippen LogP contribution in [0.2, 0.25) is 0 Å². The molecular weight excluding hydrogens is 363 g/mol. The van der Waals surface area contributed by atoms with Crippen LogP contribution in [-0.2, 0) is 9.59 Å². The smallest absolute Gasteiger partial charge is 0.256 e. The molecule has 3 heterocycles. The highest BCUT2D eigenvalue weighted by Gasteiger charge is 2.29. The molecule has 0 saturated carbocycles. The summed E-state index contributed by atoms with van der Waals surface area (Å²) in [5.74, 6) is -1.31. The van der Waals surface area contributed by atoms with E-state index in [4.69, 9.17) is 0 Å². The number of carbonyl (C=O) groups excluding carboxylic acids is 3. The van der Waals surface area contributed by atoms with Crippen molar-refractivity contribution in [3.63, 3.8) is 0 Å². The molecule has 0 radical (unpaired) electrons. The van der Waals surface area contributed by atoms with Crippen molar-refractivity contribution in [2.45, 2.75) is 26.3 Å². The van der Waals surface area contributed by atoms with Gasteiger partial charge in [0.2, 0.25) is 5.91 Å². The van der Waals surface area contributed by atoms with Gasteiger partial charge in [-0.05, 0) is 50.1 Å². The fraction of sp³-hybridized carbons (Fsp3) is 0.250. The van der Waals surface area contributed by atoms with Gasteiger partial charge in [0.25, 0.3) is 11.8 Å². The van der Waals surface area contributed by atoms with E-state index in [0.29, 0.717) is 52.3 Å². The Morgan fingerprint density at radius 1 is 1.29 bits per heavy atom. The lowest BCUT2D eigenvalue weighted by atomic mass is 10.0. The summed E-state index contributed by atoms with van der Waals surface area (Å²) >= 11 is 0. The Morgan fingerprint density at radius 2 is 2.07 bits per heavy atom. The second kappa shape index (κ2) is 6.63. The first kappa shape index (κ1) is 18.0. The second-order valence-electron chi connectivity index (χ2n) is 6.97. The molecule has 0 bridgehead atoms. The molecular formula is C20H19FN4O3. The molecule has 3 amide bonds. The minimum atomic E-state index is -0.543. The monoisotopic (exact) mass is 382 g/mol. The zero-order chi connectivity index (χ0) is 20.0. The predicted molar refractivity (Wildman–Crippen MR) is 102 cm³/mol. The lowest BCUT2D eigenvalue weighted by molar-refractivity contribution is -0.120. The Bertz CT molecular complexity index is 1050.